The Labute approximate surface area is 134 Å². The van der Waals surface area contributed by atoms with Crippen LogP contribution >= 0.6 is 0 Å². The van der Waals surface area contributed by atoms with Crippen LogP contribution < -0.4 is 5.32 Å². The molecule has 132 valence electrons. The van der Waals surface area contributed by atoms with Crippen molar-refractivity contribution < 1.29 is 34.3 Å². The first-order valence-corrected chi connectivity index (χ1v) is 7.07. The fourth-order valence-electron chi connectivity index (χ4n) is 2.49. The summed E-state index contributed by atoms with van der Waals surface area (Å²) in [5.41, 5.74) is 0.275. The van der Waals surface area contributed by atoms with Crippen molar-refractivity contribution in [1.29, 1.82) is 0 Å². The normalized spacial score (nSPS) is 30.8. The number of rotatable bonds is 4. The summed E-state index contributed by atoms with van der Waals surface area (Å²) in [6, 6.07) is -0.698. The Morgan fingerprint density at radius 1 is 1.42 bits per heavy atom. The third-order valence-corrected chi connectivity index (χ3v) is 3.79. The van der Waals surface area contributed by atoms with Crippen molar-refractivity contribution in [2.45, 2.75) is 31.1 Å². The summed E-state index contributed by atoms with van der Waals surface area (Å²) in [7, 11) is 0. The molecule has 1 aromatic rings. The van der Waals surface area contributed by atoms with Crippen molar-refractivity contribution in [2.24, 2.45) is 0 Å². The molecule has 5 N–H and O–H groups in total. The number of urea groups is 1. The average molecular weight is 345 g/mol. The van der Waals surface area contributed by atoms with Crippen LogP contribution in [0.15, 0.2) is 17.9 Å². The summed E-state index contributed by atoms with van der Waals surface area (Å²) < 4.78 is 19.8. The van der Waals surface area contributed by atoms with Crippen LogP contribution in [-0.4, -0.2) is 77.8 Å². The maximum atomic E-state index is 13.4. The molecule has 1 saturated heterocycles. The highest BCUT2D eigenvalue weighted by atomic mass is 19.1. The summed E-state index contributed by atoms with van der Waals surface area (Å²) in [5.74, 6) is -1.70. The molecule has 2 aliphatic heterocycles. The van der Waals surface area contributed by atoms with E-state index in [1.165, 1.54) is 6.20 Å². The van der Waals surface area contributed by atoms with Crippen molar-refractivity contribution in [3.8, 4) is 0 Å². The Bertz CT molecular complexity index is 666. The van der Waals surface area contributed by atoms with Crippen molar-refractivity contribution in [3.63, 3.8) is 0 Å². The molecule has 2 aliphatic rings. The van der Waals surface area contributed by atoms with Gasteiger partial charge in [-0.1, -0.05) is 5.21 Å². The maximum absolute atomic E-state index is 13.4. The highest BCUT2D eigenvalue weighted by molar-refractivity contribution is 5.77. The van der Waals surface area contributed by atoms with Crippen molar-refractivity contribution in [1.82, 2.24) is 25.2 Å². The molecule has 0 aromatic carbocycles. The van der Waals surface area contributed by atoms with E-state index in [0.717, 1.165) is 9.58 Å². The van der Waals surface area contributed by atoms with Gasteiger partial charge in [0.05, 0.1) is 25.9 Å². The van der Waals surface area contributed by atoms with E-state index >= 15 is 0 Å². The minimum Gasteiger partial charge on any atom is -0.493 e. The first-order valence-electron chi connectivity index (χ1n) is 7.07. The molecule has 11 nitrogen and oxygen atoms in total. The van der Waals surface area contributed by atoms with Crippen LogP contribution in [0.2, 0.25) is 0 Å². The second kappa shape index (κ2) is 6.32. The summed E-state index contributed by atoms with van der Waals surface area (Å²) in [6.45, 7) is -0.987. The molecule has 2 amide bonds. The zero-order valence-electron chi connectivity index (χ0n) is 12.3. The lowest BCUT2D eigenvalue weighted by Crippen LogP contribution is -2.44. The van der Waals surface area contributed by atoms with Crippen LogP contribution in [0.4, 0.5) is 9.18 Å². The van der Waals surface area contributed by atoms with E-state index in [4.69, 9.17) is 14.9 Å². The van der Waals surface area contributed by atoms with Gasteiger partial charge in [-0.15, -0.1) is 5.10 Å². The van der Waals surface area contributed by atoms with Gasteiger partial charge in [0.1, 0.15) is 24.0 Å². The molecule has 1 fully saturated rings. The van der Waals surface area contributed by atoms with Crippen LogP contribution in [-0.2, 0) is 11.3 Å². The number of hydrogen-bond donors (Lipinski definition) is 5. The van der Waals surface area contributed by atoms with E-state index < -0.39 is 55.4 Å². The number of carbonyl (C=O) groups is 1. The molecular formula is C12H16FN5O6. The zero-order valence-corrected chi connectivity index (χ0v) is 12.3. The first-order chi connectivity index (χ1) is 11.4. The quantitative estimate of drug-likeness (QED) is 0.425. The maximum Gasteiger partial charge on any atom is 0.324 e. The zero-order chi connectivity index (χ0) is 17.4. The highest BCUT2D eigenvalue weighted by Gasteiger charge is 2.44. The molecule has 0 unspecified atom stereocenters. The number of nitrogens with zero attached hydrogens (tertiary/aromatic N) is 4. The number of amides is 2. The molecule has 0 bridgehead atoms. The van der Waals surface area contributed by atoms with Gasteiger partial charge >= 0.3 is 6.03 Å². The van der Waals surface area contributed by atoms with Gasteiger partial charge in [-0.3, -0.25) is 5.32 Å². The largest absolute Gasteiger partial charge is 0.493 e. The first kappa shape index (κ1) is 16.6. The summed E-state index contributed by atoms with van der Waals surface area (Å²) in [6.07, 6.45) is -3.22. The second-order valence-corrected chi connectivity index (χ2v) is 5.46. The topological polar surface area (TPSA) is 153 Å². The summed E-state index contributed by atoms with van der Waals surface area (Å²) >= 11 is 0. The van der Waals surface area contributed by atoms with Crippen molar-refractivity contribution in [3.05, 3.63) is 23.6 Å². The predicted molar refractivity (Wildman–Crippen MR) is 72.7 cm³/mol. The standard InChI is InChI=1S/C12H16FN5O6/c13-6-3-17(12(23)14-10(6)22)1-5-2-18(16-15-5)11-9(21)8(20)7(4-19)24-11/h2,7-9,11,19-22H,1,3-4H2,(H,14,23)/t7-,8-,9+,11+/m0/s1. The fourth-order valence-corrected chi connectivity index (χ4v) is 2.49. The van der Waals surface area contributed by atoms with Gasteiger partial charge in [0.2, 0.25) is 5.88 Å². The van der Waals surface area contributed by atoms with Crippen LogP contribution in [0, 0.1) is 0 Å². The molecule has 24 heavy (non-hydrogen) atoms. The van der Waals surface area contributed by atoms with Gasteiger partial charge in [0.15, 0.2) is 12.1 Å². The van der Waals surface area contributed by atoms with Gasteiger partial charge in [0.25, 0.3) is 0 Å². The van der Waals surface area contributed by atoms with E-state index in [0.29, 0.717) is 0 Å². The molecule has 3 heterocycles. The minimum absolute atomic E-state index is 0.0959. The summed E-state index contributed by atoms with van der Waals surface area (Å²) in [4.78, 5) is 12.7. The molecule has 1 aromatic heterocycles. The molecular weight excluding hydrogens is 329 g/mol. The molecule has 3 rings (SSSR count). The average Bonchev–Trinajstić information content (AvgIpc) is 3.11. The van der Waals surface area contributed by atoms with Crippen molar-refractivity contribution in [2.75, 3.05) is 13.2 Å². The van der Waals surface area contributed by atoms with Crippen LogP contribution in [0.1, 0.15) is 11.9 Å². The number of aliphatic hydroxyl groups excluding tert-OH is 4. The smallest absolute Gasteiger partial charge is 0.324 e. The Balaban J connectivity index is 1.69. The SMILES string of the molecule is O=C1NC(O)=C(F)CN1Cc1cn([C@@H]2O[C@@H](CO)[C@H](O)[C@H]2O)nn1. The molecule has 0 saturated carbocycles. The Morgan fingerprint density at radius 3 is 2.83 bits per heavy atom. The number of nitrogens with one attached hydrogen (secondary N) is 1. The fraction of sp³-hybridized carbons (Fsp3) is 0.583. The van der Waals surface area contributed by atoms with Crippen LogP contribution in [0.25, 0.3) is 0 Å². The third-order valence-electron chi connectivity index (χ3n) is 3.79. The number of hydrogen-bond acceptors (Lipinski definition) is 8. The van der Waals surface area contributed by atoms with Crippen molar-refractivity contribution >= 4 is 6.03 Å². The van der Waals surface area contributed by atoms with Gasteiger partial charge in [0, 0.05) is 0 Å². The minimum atomic E-state index is -1.31. The van der Waals surface area contributed by atoms with E-state index in [-0.39, 0.29) is 12.2 Å². The van der Waals surface area contributed by atoms with E-state index in [1.54, 1.807) is 0 Å². The third kappa shape index (κ3) is 2.91. The predicted octanol–water partition coefficient (Wildman–Crippen LogP) is -1.89. The highest BCUT2D eigenvalue weighted by Crippen LogP contribution is 2.28. The number of ether oxygens (including phenoxy) is 1. The lowest BCUT2D eigenvalue weighted by atomic mass is 10.1. The van der Waals surface area contributed by atoms with E-state index in [1.807, 2.05) is 5.32 Å². The van der Waals surface area contributed by atoms with Gasteiger partial charge in [-0.05, 0) is 0 Å². The molecule has 0 spiro atoms. The molecule has 0 aliphatic carbocycles. The Hall–Kier alpha value is -2.28. The molecule has 0 radical (unpaired) electrons. The number of carbonyl (C=O) groups excluding carboxylic acids is 1. The van der Waals surface area contributed by atoms with E-state index in [2.05, 4.69) is 10.3 Å². The lowest BCUT2D eigenvalue weighted by molar-refractivity contribution is -0.0594. The monoisotopic (exact) mass is 345 g/mol. The van der Waals surface area contributed by atoms with Crippen LogP contribution in [0.3, 0.4) is 0 Å². The Morgan fingerprint density at radius 2 is 2.17 bits per heavy atom. The Kier molecular flexibility index (Phi) is 4.36. The number of aromatic nitrogens is 3. The van der Waals surface area contributed by atoms with Gasteiger partial charge < -0.3 is 30.1 Å². The number of halogens is 1. The van der Waals surface area contributed by atoms with Crippen LogP contribution in [0.5, 0.6) is 0 Å². The molecule has 4 atom stereocenters. The second-order valence-electron chi connectivity index (χ2n) is 5.46. The van der Waals surface area contributed by atoms with E-state index in [9.17, 15) is 19.4 Å². The lowest BCUT2D eigenvalue weighted by Gasteiger charge is -2.25. The van der Waals surface area contributed by atoms with Gasteiger partial charge in [-0.25, -0.2) is 13.9 Å². The molecule has 12 heteroatoms. The number of aliphatic hydroxyl groups is 4. The van der Waals surface area contributed by atoms with Gasteiger partial charge in [-0.2, -0.15) is 0 Å². The summed E-state index contributed by atoms with van der Waals surface area (Å²) in [5, 5.41) is 47.3.